The maximum Gasteiger partial charge on any atom is 0.224 e. The van der Waals surface area contributed by atoms with Crippen LogP contribution in [-0.2, 0) is 11.2 Å². The molecule has 1 aromatic heterocycles. The largest absolute Gasteiger partial charge is 0.324 e. The van der Waals surface area contributed by atoms with Crippen LogP contribution in [0.1, 0.15) is 12.0 Å². The van der Waals surface area contributed by atoms with Gasteiger partial charge in [0.25, 0.3) is 0 Å². The minimum absolute atomic E-state index is 0.157. The van der Waals surface area contributed by atoms with Crippen LogP contribution in [0.2, 0.25) is 5.02 Å². The second-order valence-corrected chi connectivity index (χ2v) is 5.58. The summed E-state index contributed by atoms with van der Waals surface area (Å²) in [5, 5.41) is 7.33. The van der Waals surface area contributed by atoms with E-state index in [2.05, 4.69) is 15.4 Å². The number of aryl methyl sites for hydroxylation is 1. The average molecular weight is 345 g/mol. The van der Waals surface area contributed by atoms with Crippen molar-refractivity contribution in [3.63, 3.8) is 0 Å². The fraction of sp³-hybridized carbons (Fsp3) is 0.118. The molecule has 2 aromatic carbocycles. The number of benzene rings is 2. The lowest BCUT2D eigenvalue weighted by molar-refractivity contribution is -0.116. The van der Waals surface area contributed by atoms with Gasteiger partial charge >= 0.3 is 0 Å². The first kappa shape index (κ1) is 16.1. The van der Waals surface area contributed by atoms with Crippen molar-refractivity contribution >= 4 is 23.2 Å². The highest BCUT2D eigenvalue weighted by atomic mass is 35.5. The molecule has 0 aliphatic heterocycles. The summed E-state index contributed by atoms with van der Waals surface area (Å²) in [6.45, 7) is 0. The second-order valence-electron chi connectivity index (χ2n) is 5.14. The van der Waals surface area contributed by atoms with Gasteiger partial charge in [-0.15, -0.1) is 0 Å². The molecule has 0 bridgehead atoms. The summed E-state index contributed by atoms with van der Waals surface area (Å²) < 4.78 is 15.1. The van der Waals surface area contributed by atoms with Crippen LogP contribution in [0, 0.1) is 5.82 Å². The quantitative estimate of drug-likeness (QED) is 0.768. The Morgan fingerprint density at radius 1 is 1.25 bits per heavy atom. The number of amides is 1. The number of anilines is 1. The minimum Gasteiger partial charge on any atom is -0.324 e. The summed E-state index contributed by atoms with van der Waals surface area (Å²) in [6, 6.07) is 11.5. The van der Waals surface area contributed by atoms with E-state index in [-0.39, 0.29) is 18.1 Å². The molecule has 0 saturated heterocycles. The van der Waals surface area contributed by atoms with Crippen LogP contribution < -0.4 is 5.32 Å². The van der Waals surface area contributed by atoms with Gasteiger partial charge in [0.2, 0.25) is 5.91 Å². The van der Waals surface area contributed by atoms with Crippen LogP contribution in [0.4, 0.5) is 10.1 Å². The maximum atomic E-state index is 13.6. The van der Waals surface area contributed by atoms with Crippen molar-refractivity contribution in [2.24, 2.45) is 0 Å². The molecule has 122 valence electrons. The van der Waals surface area contributed by atoms with Crippen molar-refractivity contribution in [3.8, 4) is 5.69 Å². The molecule has 0 unspecified atom stereocenters. The van der Waals surface area contributed by atoms with Gasteiger partial charge in [-0.3, -0.25) is 4.79 Å². The number of hydrogen-bond acceptors (Lipinski definition) is 3. The van der Waals surface area contributed by atoms with Gasteiger partial charge in [0.05, 0.1) is 11.4 Å². The zero-order chi connectivity index (χ0) is 16.9. The molecule has 3 aromatic rings. The lowest BCUT2D eigenvalue weighted by Crippen LogP contribution is -2.14. The van der Waals surface area contributed by atoms with Gasteiger partial charge in [0.1, 0.15) is 18.5 Å². The van der Waals surface area contributed by atoms with E-state index in [9.17, 15) is 9.18 Å². The predicted molar refractivity (Wildman–Crippen MR) is 89.7 cm³/mol. The Morgan fingerprint density at radius 2 is 2.08 bits per heavy atom. The van der Waals surface area contributed by atoms with Crippen molar-refractivity contribution in [2.45, 2.75) is 12.8 Å². The van der Waals surface area contributed by atoms with E-state index in [1.54, 1.807) is 36.4 Å². The third-order valence-corrected chi connectivity index (χ3v) is 3.71. The molecule has 5 nitrogen and oxygen atoms in total. The van der Waals surface area contributed by atoms with Gasteiger partial charge in [-0.25, -0.2) is 14.1 Å². The zero-order valence-electron chi connectivity index (χ0n) is 12.6. The summed E-state index contributed by atoms with van der Waals surface area (Å²) in [6.07, 6.45) is 3.40. The Kier molecular flexibility index (Phi) is 4.86. The average Bonchev–Trinajstić information content (AvgIpc) is 3.08. The molecular formula is C17H14ClFN4O. The molecule has 7 heteroatoms. The van der Waals surface area contributed by atoms with E-state index in [4.69, 9.17) is 11.6 Å². The number of rotatable bonds is 5. The molecule has 3 rings (SSSR count). The molecule has 0 spiro atoms. The molecular weight excluding hydrogens is 331 g/mol. The molecule has 0 aliphatic rings. The van der Waals surface area contributed by atoms with Crippen LogP contribution in [0.15, 0.2) is 55.1 Å². The van der Waals surface area contributed by atoms with Crippen LogP contribution in [0.25, 0.3) is 5.69 Å². The van der Waals surface area contributed by atoms with Crippen LogP contribution in [0.5, 0.6) is 0 Å². The monoisotopic (exact) mass is 344 g/mol. The summed E-state index contributed by atoms with van der Waals surface area (Å²) in [4.78, 5) is 16.1. The van der Waals surface area contributed by atoms with Crippen LogP contribution >= 0.6 is 11.6 Å². The van der Waals surface area contributed by atoms with E-state index in [0.29, 0.717) is 28.4 Å². The van der Waals surface area contributed by atoms with Crippen molar-refractivity contribution in [1.82, 2.24) is 14.8 Å². The molecule has 0 radical (unpaired) electrons. The number of nitrogens with zero attached hydrogens (tertiary/aromatic N) is 3. The van der Waals surface area contributed by atoms with E-state index in [1.165, 1.54) is 23.4 Å². The Labute approximate surface area is 143 Å². The minimum atomic E-state index is -0.309. The summed E-state index contributed by atoms with van der Waals surface area (Å²) >= 11 is 6.01. The fourth-order valence-electron chi connectivity index (χ4n) is 2.30. The molecule has 0 fully saturated rings. The van der Waals surface area contributed by atoms with Crippen LogP contribution in [0.3, 0.4) is 0 Å². The van der Waals surface area contributed by atoms with Crippen molar-refractivity contribution < 1.29 is 9.18 Å². The second kappa shape index (κ2) is 7.23. The van der Waals surface area contributed by atoms with Crippen molar-refractivity contribution in [2.75, 3.05) is 5.32 Å². The highest BCUT2D eigenvalue weighted by molar-refractivity contribution is 6.31. The number of nitrogens with one attached hydrogen (secondary N) is 1. The van der Waals surface area contributed by atoms with E-state index >= 15 is 0 Å². The standard InChI is InChI=1S/C17H14ClFN4O/c18-13-6-7-16(23-11-20-10-21-23)15(9-13)22-17(24)8-5-12-3-1-2-4-14(12)19/h1-4,6-7,9-11H,5,8H2,(H,22,24). The Morgan fingerprint density at radius 3 is 2.83 bits per heavy atom. The fourth-order valence-corrected chi connectivity index (χ4v) is 2.47. The molecule has 0 saturated carbocycles. The number of halogens is 2. The summed E-state index contributed by atoms with van der Waals surface area (Å²) in [5.41, 5.74) is 1.68. The smallest absolute Gasteiger partial charge is 0.224 e. The first-order chi connectivity index (χ1) is 11.6. The van der Waals surface area contributed by atoms with Gasteiger partial charge in [0.15, 0.2) is 0 Å². The first-order valence-electron chi connectivity index (χ1n) is 7.31. The maximum absolute atomic E-state index is 13.6. The lowest BCUT2D eigenvalue weighted by atomic mass is 10.1. The van der Waals surface area contributed by atoms with E-state index in [0.717, 1.165) is 0 Å². The normalized spacial score (nSPS) is 10.6. The van der Waals surface area contributed by atoms with E-state index < -0.39 is 0 Å². The Hall–Kier alpha value is -2.73. The SMILES string of the molecule is O=C(CCc1ccccc1F)Nc1cc(Cl)ccc1-n1cncn1. The third-order valence-electron chi connectivity index (χ3n) is 3.48. The highest BCUT2D eigenvalue weighted by Gasteiger charge is 2.11. The molecule has 1 N–H and O–H groups in total. The van der Waals surface area contributed by atoms with E-state index in [1.807, 2.05) is 0 Å². The van der Waals surface area contributed by atoms with Crippen molar-refractivity contribution in [3.05, 3.63) is 71.5 Å². The van der Waals surface area contributed by atoms with Crippen molar-refractivity contribution in [1.29, 1.82) is 0 Å². The lowest BCUT2D eigenvalue weighted by Gasteiger charge is -2.11. The predicted octanol–water partition coefficient (Wildman–Crippen LogP) is 3.63. The molecule has 1 heterocycles. The van der Waals surface area contributed by atoms with Gasteiger partial charge in [-0.1, -0.05) is 29.8 Å². The number of aromatic nitrogens is 3. The molecule has 0 aliphatic carbocycles. The number of hydrogen-bond donors (Lipinski definition) is 1. The van der Waals surface area contributed by atoms with Gasteiger partial charge in [-0.05, 0) is 36.2 Å². The number of carbonyl (C=O) groups excluding carboxylic acids is 1. The van der Waals surface area contributed by atoms with Crippen LogP contribution in [-0.4, -0.2) is 20.7 Å². The molecule has 24 heavy (non-hydrogen) atoms. The third kappa shape index (κ3) is 3.78. The van der Waals surface area contributed by atoms with Gasteiger partial charge in [0, 0.05) is 11.4 Å². The number of carbonyl (C=O) groups is 1. The summed E-state index contributed by atoms with van der Waals surface area (Å²) in [7, 11) is 0. The topological polar surface area (TPSA) is 59.8 Å². The van der Waals surface area contributed by atoms with Gasteiger partial charge < -0.3 is 5.32 Å². The molecule has 1 amide bonds. The Bertz CT molecular complexity index is 852. The zero-order valence-corrected chi connectivity index (χ0v) is 13.4. The molecule has 0 atom stereocenters. The first-order valence-corrected chi connectivity index (χ1v) is 7.69. The van der Waals surface area contributed by atoms with Gasteiger partial charge in [-0.2, -0.15) is 5.10 Å². The highest BCUT2D eigenvalue weighted by Crippen LogP contribution is 2.24. The Balaban J connectivity index is 1.72. The summed E-state index contributed by atoms with van der Waals surface area (Å²) in [5.74, 6) is -0.543.